The second-order valence-corrected chi connectivity index (χ2v) is 5.66. The van der Waals surface area contributed by atoms with Crippen molar-refractivity contribution in [3.05, 3.63) is 23.8 Å². The van der Waals surface area contributed by atoms with E-state index in [-0.39, 0.29) is 17.2 Å². The van der Waals surface area contributed by atoms with Gasteiger partial charge in [0.25, 0.3) is 5.91 Å². The predicted octanol–water partition coefficient (Wildman–Crippen LogP) is 1.92. The van der Waals surface area contributed by atoms with Crippen molar-refractivity contribution in [1.82, 2.24) is 5.32 Å². The number of amides is 1. The normalized spacial score (nSPS) is 12.7. The second-order valence-electron chi connectivity index (χ2n) is 5.66. The molecule has 0 fully saturated rings. The zero-order chi connectivity index (χ0) is 18.3. The van der Waals surface area contributed by atoms with Crippen LogP contribution in [0.2, 0.25) is 0 Å². The summed E-state index contributed by atoms with van der Waals surface area (Å²) in [6.07, 6.45) is 0. The Morgan fingerprint density at radius 3 is 2.46 bits per heavy atom. The fraction of sp³-hybridized carbons (Fsp3) is 0.471. The minimum absolute atomic E-state index is 0.0937. The molecule has 1 rings (SSSR count). The van der Waals surface area contributed by atoms with E-state index in [9.17, 15) is 14.9 Å². The van der Waals surface area contributed by atoms with Gasteiger partial charge in [-0.05, 0) is 25.0 Å². The third-order valence-corrected chi connectivity index (χ3v) is 3.75. The van der Waals surface area contributed by atoms with Crippen molar-refractivity contribution in [2.45, 2.75) is 26.3 Å². The molecular weight excluding hydrogens is 312 g/mol. The Hall–Kier alpha value is -2.75. The van der Waals surface area contributed by atoms with Gasteiger partial charge in [0.05, 0.1) is 20.3 Å². The van der Waals surface area contributed by atoms with Gasteiger partial charge in [-0.1, -0.05) is 13.8 Å². The Morgan fingerprint density at radius 2 is 1.96 bits per heavy atom. The number of carbonyl (C=O) groups excluding carboxylic acids is 2. The summed E-state index contributed by atoms with van der Waals surface area (Å²) in [5.41, 5.74) is -0.848. The first-order chi connectivity index (χ1) is 11.3. The lowest BCUT2D eigenvalue weighted by atomic mass is 9.90. The van der Waals surface area contributed by atoms with Gasteiger partial charge >= 0.3 is 5.97 Å². The fourth-order valence-electron chi connectivity index (χ4n) is 1.80. The van der Waals surface area contributed by atoms with Gasteiger partial charge in [0.1, 0.15) is 22.6 Å². The first kappa shape index (κ1) is 19.3. The van der Waals surface area contributed by atoms with Gasteiger partial charge < -0.3 is 19.5 Å². The molecule has 130 valence electrons. The summed E-state index contributed by atoms with van der Waals surface area (Å²) in [6, 6.07) is 6.68. The van der Waals surface area contributed by atoms with Crippen LogP contribution in [-0.2, 0) is 9.53 Å². The van der Waals surface area contributed by atoms with Crippen molar-refractivity contribution in [3.63, 3.8) is 0 Å². The van der Waals surface area contributed by atoms with Crippen molar-refractivity contribution in [3.8, 4) is 17.6 Å². The Bertz CT molecular complexity index is 651. The van der Waals surface area contributed by atoms with Crippen LogP contribution in [0, 0.1) is 17.2 Å². The standard InChI is InChI=1S/C17H22N2O5/c1-11(2)17(3,10-18)19-15(20)9-24-16(21)13-7-6-12(22-4)8-14(13)23-5/h6-8,11H,9H2,1-5H3,(H,19,20)/t17-/m1/s1. The van der Waals surface area contributed by atoms with Crippen molar-refractivity contribution in [1.29, 1.82) is 5.26 Å². The lowest BCUT2D eigenvalue weighted by Crippen LogP contribution is -2.50. The van der Waals surface area contributed by atoms with E-state index >= 15 is 0 Å². The van der Waals surface area contributed by atoms with E-state index < -0.39 is 24.0 Å². The van der Waals surface area contributed by atoms with E-state index in [1.165, 1.54) is 20.3 Å². The van der Waals surface area contributed by atoms with E-state index in [4.69, 9.17) is 14.2 Å². The molecule has 1 aromatic carbocycles. The summed E-state index contributed by atoms with van der Waals surface area (Å²) in [6.45, 7) is 4.76. The zero-order valence-electron chi connectivity index (χ0n) is 14.5. The molecule has 7 heteroatoms. The number of hydrogen-bond donors (Lipinski definition) is 1. The SMILES string of the molecule is COc1ccc(C(=O)OCC(=O)N[C@](C)(C#N)C(C)C)c(OC)c1. The van der Waals surface area contributed by atoms with Crippen molar-refractivity contribution in [2.24, 2.45) is 5.92 Å². The van der Waals surface area contributed by atoms with Crippen LogP contribution in [0.15, 0.2) is 18.2 Å². The van der Waals surface area contributed by atoms with Crippen LogP contribution in [0.25, 0.3) is 0 Å². The molecule has 1 atom stereocenters. The maximum absolute atomic E-state index is 12.1. The number of nitrogens with zero attached hydrogens (tertiary/aromatic N) is 1. The molecule has 0 saturated carbocycles. The van der Waals surface area contributed by atoms with Crippen molar-refractivity contribution in [2.75, 3.05) is 20.8 Å². The number of nitriles is 1. The third kappa shape index (κ3) is 4.62. The Labute approximate surface area is 141 Å². The summed E-state index contributed by atoms with van der Waals surface area (Å²) >= 11 is 0. The summed E-state index contributed by atoms with van der Waals surface area (Å²) in [4.78, 5) is 24.0. The molecule has 0 saturated heterocycles. The molecule has 0 aliphatic heterocycles. The van der Waals surface area contributed by atoms with E-state index in [0.29, 0.717) is 5.75 Å². The maximum atomic E-state index is 12.1. The van der Waals surface area contributed by atoms with Gasteiger partial charge in [-0.2, -0.15) is 5.26 Å². The molecule has 0 heterocycles. The van der Waals surface area contributed by atoms with Crippen LogP contribution in [0.1, 0.15) is 31.1 Å². The zero-order valence-corrected chi connectivity index (χ0v) is 14.5. The highest BCUT2D eigenvalue weighted by molar-refractivity contribution is 5.94. The summed E-state index contributed by atoms with van der Waals surface area (Å²) in [5.74, 6) is -0.531. The molecule has 7 nitrogen and oxygen atoms in total. The number of rotatable bonds is 7. The highest BCUT2D eigenvalue weighted by Gasteiger charge is 2.30. The largest absolute Gasteiger partial charge is 0.497 e. The number of carbonyl (C=O) groups is 2. The van der Waals surface area contributed by atoms with Crippen LogP contribution in [0.4, 0.5) is 0 Å². The number of nitrogens with one attached hydrogen (secondary N) is 1. The number of hydrogen-bond acceptors (Lipinski definition) is 6. The molecule has 0 aliphatic rings. The van der Waals surface area contributed by atoms with E-state index in [1.807, 2.05) is 13.8 Å². The molecule has 1 N–H and O–H groups in total. The topological polar surface area (TPSA) is 97.6 Å². The summed E-state index contributed by atoms with van der Waals surface area (Å²) in [5, 5.41) is 11.7. The number of esters is 1. The van der Waals surface area contributed by atoms with Crippen LogP contribution in [0.5, 0.6) is 11.5 Å². The van der Waals surface area contributed by atoms with Gasteiger partial charge in [-0.3, -0.25) is 4.79 Å². The van der Waals surface area contributed by atoms with Crippen LogP contribution >= 0.6 is 0 Å². The highest BCUT2D eigenvalue weighted by Crippen LogP contribution is 2.25. The van der Waals surface area contributed by atoms with E-state index in [0.717, 1.165) is 0 Å². The quantitative estimate of drug-likeness (QED) is 0.765. The maximum Gasteiger partial charge on any atom is 0.342 e. The molecule has 1 amide bonds. The van der Waals surface area contributed by atoms with Crippen molar-refractivity contribution >= 4 is 11.9 Å². The Morgan fingerprint density at radius 1 is 1.29 bits per heavy atom. The third-order valence-electron chi connectivity index (χ3n) is 3.75. The summed E-state index contributed by atoms with van der Waals surface area (Å²) in [7, 11) is 2.91. The molecule has 1 aromatic rings. The van der Waals surface area contributed by atoms with Crippen LogP contribution < -0.4 is 14.8 Å². The molecule has 0 aliphatic carbocycles. The van der Waals surface area contributed by atoms with Gasteiger partial charge in [-0.25, -0.2) is 4.79 Å². The highest BCUT2D eigenvalue weighted by atomic mass is 16.5. The van der Waals surface area contributed by atoms with Gasteiger partial charge in [-0.15, -0.1) is 0 Å². The number of benzene rings is 1. The van der Waals surface area contributed by atoms with E-state index in [2.05, 4.69) is 11.4 Å². The first-order valence-corrected chi connectivity index (χ1v) is 7.38. The minimum atomic E-state index is -1.03. The van der Waals surface area contributed by atoms with Gasteiger partial charge in [0, 0.05) is 6.07 Å². The predicted molar refractivity (Wildman–Crippen MR) is 86.8 cm³/mol. The minimum Gasteiger partial charge on any atom is -0.497 e. The lowest BCUT2D eigenvalue weighted by Gasteiger charge is -2.27. The average Bonchev–Trinajstić information content (AvgIpc) is 2.58. The lowest BCUT2D eigenvalue weighted by molar-refractivity contribution is -0.125. The molecule has 0 aromatic heterocycles. The number of methoxy groups -OCH3 is 2. The molecular formula is C17H22N2O5. The molecule has 0 bridgehead atoms. The molecule has 0 spiro atoms. The smallest absolute Gasteiger partial charge is 0.342 e. The Kier molecular flexibility index (Phi) is 6.59. The average molecular weight is 334 g/mol. The van der Waals surface area contributed by atoms with Crippen molar-refractivity contribution < 1.29 is 23.8 Å². The fourth-order valence-corrected chi connectivity index (χ4v) is 1.80. The summed E-state index contributed by atoms with van der Waals surface area (Å²) < 4.78 is 15.2. The second kappa shape index (κ2) is 8.20. The van der Waals surface area contributed by atoms with Crippen LogP contribution in [0.3, 0.4) is 0 Å². The van der Waals surface area contributed by atoms with Gasteiger partial charge in [0.15, 0.2) is 6.61 Å². The van der Waals surface area contributed by atoms with Crippen LogP contribution in [-0.4, -0.2) is 38.2 Å². The Balaban J connectivity index is 2.73. The monoisotopic (exact) mass is 334 g/mol. The molecule has 0 unspecified atom stereocenters. The molecule has 24 heavy (non-hydrogen) atoms. The van der Waals surface area contributed by atoms with E-state index in [1.54, 1.807) is 19.1 Å². The van der Waals surface area contributed by atoms with Gasteiger partial charge in [0.2, 0.25) is 0 Å². The first-order valence-electron chi connectivity index (χ1n) is 7.38. The molecule has 0 radical (unpaired) electrons. The number of ether oxygens (including phenoxy) is 3.